The van der Waals surface area contributed by atoms with Crippen molar-refractivity contribution in [3.05, 3.63) is 107 Å². The van der Waals surface area contributed by atoms with Crippen molar-refractivity contribution in [3.63, 3.8) is 0 Å². The fourth-order valence-corrected chi connectivity index (χ4v) is 4.68. The predicted octanol–water partition coefficient (Wildman–Crippen LogP) is 6.73. The Morgan fingerprint density at radius 2 is 1.70 bits per heavy atom. The smallest absolute Gasteiger partial charge is 0.240 e. The third-order valence-corrected chi connectivity index (χ3v) is 7.14. The maximum absolute atomic E-state index is 12.7. The summed E-state index contributed by atoms with van der Waals surface area (Å²) in [6.07, 6.45) is 11.0. The second kappa shape index (κ2) is 15.2. The second-order valence-electron chi connectivity index (χ2n) is 12.2. The van der Waals surface area contributed by atoms with Crippen LogP contribution < -0.4 is 11.1 Å². The van der Waals surface area contributed by atoms with Crippen molar-refractivity contribution >= 4 is 17.4 Å². The van der Waals surface area contributed by atoms with E-state index in [0.29, 0.717) is 6.42 Å². The van der Waals surface area contributed by atoms with Crippen molar-refractivity contribution in [1.29, 1.82) is 0 Å². The SMILES string of the molecule is C/C=C\C(=C/C=C(C)C)c1cc(CCCCC(=O)N[C@@H](Cc2ccc(O)cc2)C(N)=O)n(-c2ccc(C(C)(C)C)cc2)n1. The number of nitrogens with two attached hydrogens (primary N) is 1. The number of phenols is 1. The molecule has 0 unspecified atom stereocenters. The molecule has 0 saturated carbocycles. The van der Waals surface area contributed by atoms with E-state index in [4.69, 9.17) is 10.8 Å². The van der Waals surface area contributed by atoms with Crippen LogP contribution in [-0.4, -0.2) is 32.7 Å². The normalized spacial score (nSPS) is 12.7. The maximum atomic E-state index is 12.7. The van der Waals surface area contributed by atoms with Crippen molar-refractivity contribution in [2.45, 2.75) is 85.1 Å². The quantitative estimate of drug-likeness (QED) is 0.153. The summed E-state index contributed by atoms with van der Waals surface area (Å²) in [6.45, 7) is 12.7. The third kappa shape index (κ3) is 10.1. The van der Waals surface area contributed by atoms with Crippen LogP contribution in [0.3, 0.4) is 0 Å². The molecule has 1 atom stereocenters. The summed E-state index contributed by atoms with van der Waals surface area (Å²) >= 11 is 0. The fraction of sp³-hybridized carbons (Fsp3) is 0.361. The van der Waals surface area contributed by atoms with E-state index in [2.05, 4.69) is 88.5 Å². The minimum absolute atomic E-state index is 0.0565. The first-order valence-electron chi connectivity index (χ1n) is 14.9. The van der Waals surface area contributed by atoms with Gasteiger partial charge in [-0.15, -0.1) is 0 Å². The van der Waals surface area contributed by atoms with Gasteiger partial charge in [0.1, 0.15) is 11.8 Å². The van der Waals surface area contributed by atoms with Gasteiger partial charge in [-0.2, -0.15) is 5.10 Å². The first kappa shape index (κ1) is 33.1. The highest BCUT2D eigenvalue weighted by molar-refractivity contribution is 5.86. The first-order valence-corrected chi connectivity index (χ1v) is 14.9. The number of aromatic hydroxyl groups is 1. The lowest BCUT2D eigenvalue weighted by atomic mass is 9.87. The van der Waals surface area contributed by atoms with Gasteiger partial charge in [-0.05, 0) is 86.9 Å². The number of nitrogens with one attached hydrogen (secondary N) is 1. The van der Waals surface area contributed by atoms with Crippen LogP contribution in [0.1, 0.15) is 83.3 Å². The molecular formula is C36H46N4O3. The van der Waals surface area contributed by atoms with Crippen LogP contribution in [0.2, 0.25) is 0 Å². The molecule has 4 N–H and O–H groups in total. The average molecular weight is 583 g/mol. The van der Waals surface area contributed by atoms with Crippen LogP contribution in [0.25, 0.3) is 11.3 Å². The zero-order chi connectivity index (χ0) is 31.6. The van der Waals surface area contributed by atoms with Gasteiger partial charge >= 0.3 is 0 Å². The summed E-state index contributed by atoms with van der Waals surface area (Å²) in [7, 11) is 0. The van der Waals surface area contributed by atoms with Gasteiger partial charge in [0.25, 0.3) is 0 Å². The lowest BCUT2D eigenvalue weighted by Gasteiger charge is -2.19. The molecule has 0 fully saturated rings. The van der Waals surface area contributed by atoms with Crippen LogP contribution in [0.4, 0.5) is 0 Å². The van der Waals surface area contributed by atoms with Gasteiger partial charge < -0.3 is 16.2 Å². The number of benzene rings is 2. The number of aryl methyl sites for hydroxylation is 1. The van der Waals surface area contributed by atoms with E-state index in [9.17, 15) is 14.7 Å². The highest BCUT2D eigenvalue weighted by Gasteiger charge is 2.19. The number of carbonyl (C=O) groups is 2. The van der Waals surface area contributed by atoms with Crippen LogP contribution in [0, 0.1) is 0 Å². The van der Waals surface area contributed by atoms with Crippen molar-refractivity contribution in [2.75, 3.05) is 0 Å². The van der Waals surface area contributed by atoms with Crippen molar-refractivity contribution in [3.8, 4) is 11.4 Å². The number of primary amides is 1. The number of phenolic OH excluding ortho intramolecular Hbond substituents is 1. The van der Waals surface area contributed by atoms with Gasteiger partial charge in [0.15, 0.2) is 0 Å². The van der Waals surface area contributed by atoms with Crippen molar-refractivity contribution < 1.29 is 14.7 Å². The Labute approximate surface area is 256 Å². The van der Waals surface area contributed by atoms with E-state index in [-0.39, 0.29) is 29.9 Å². The number of rotatable bonds is 13. The number of aromatic nitrogens is 2. The number of nitrogens with zero attached hydrogens (tertiary/aromatic N) is 2. The zero-order valence-electron chi connectivity index (χ0n) is 26.4. The Morgan fingerprint density at radius 1 is 1.02 bits per heavy atom. The van der Waals surface area contributed by atoms with E-state index in [0.717, 1.165) is 41.1 Å². The van der Waals surface area contributed by atoms with Gasteiger partial charge in [-0.25, -0.2) is 4.68 Å². The monoisotopic (exact) mass is 582 g/mol. The summed E-state index contributed by atoms with van der Waals surface area (Å²) in [5.74, 6) is -0.663. The van der Waals surface area contributed by atoms with E-state index >= 15 is 0 Å². The van der Waals surface area contributed by atoms with Gasteiger partial charge in [-0.1, -0.05) is 74.9 Å². The molecule has 0 aliphatic heterocycles. The molecule has 2 aromatic carbocycles. The number of hydrogen-bond acceptors (Lipinski definition) is 4. The molecule has 1 aromatic heterocycles. The molecular weight excluding hydrogens is 536 g/mol. The maximum Gasteiger partial charge on any atom is 0.240 e. The molecule has 228 valence electrons. The standard InChI is InChI=1S/C36H46N4O3/c1-7-10-27(16-13-25(2)3)32-24-30(40(39-32)29-19-17-28(18-20-29)36(4,5)6)11-8-9-12-34(42)38-33(35(37)43)23-26-14-21-31(41)22-15-26/h7,10,13-22,24,33,41H,8-9,11-12,23H2,1-6H3,(H2,37,43)(H,38,42)/b10-7-,27-16+/t33-/m0/s1. The lowest BCUT2D eigenvalue weighted by molar-refractivity contribution is -0.127. The summed E-state index contributed by atoms with van der Waals surface area (Å²) in [6, 6.07) is 16.4. The summed E-state index contributed by atoms with van der Waals surface area (Å²) in [5.41, 5.74) is 12.9. The van der Waals surface area contributed by atoms with Gasteiger partial charge in [0.05, 0.1) is 11.4 Å². The van der Waals surface area contributed by atoms with Gasteiger partial charge in [0.2, 0.25) is 11.8 Å². The number of amides is 2. The van der Waals surface area contributed by atoms with Crippen LogP contribution in [0.5, 0.6) is 5.75 Å². The number of unbranched alkanes of at least 4 members (excludes halogenated alkanes) is 1. The van der Waals surface area contributed by atoms with E-state index < -0.39 is 11.9 Å². The zero-order valence-corrected chi connectivity index (χ0v) is 26.4. The van der Waals surface area contributed by atoms with Gasteiger partial charge in [-0.3, -0.25) is 9.59 Å². The summed E-state index contributed by atoms with van der Waals surface area (Å²) in [4.78, 5) is 24.7. The molecule has 7 heteroatoms. The molecule has 2 amide bonds. The molecule has 3 rings (SSSR count). The molecule has 7 nitrogen and oxygen atoms in total. The van der Waals surface area contributed by atoms with Crippen LogP contribution in [-0.2, 0) is 27.8 Å². The third-order valence-electron chi connectivity index (χ3n) is 7.14. The minimum Gasteiger partial charge on any atom is -0.508 e. The Balaban J connectivity index is 1.74. The average Bonchev–Trinajstić information content (AvgIpc) is 3.37. The predicted molar refractivity (Wildman–Crippen MR) is 175 cm³/mol. The van der Waals surface area contributed by atoms with Crippen molar-refractivity contribution in [1.82, 2.24) is 15.1 Å². The molecule has 0 radical (unpaired) electrons. The molecule has 0 bridgehead atoms. The number of allylic oxidation sites excluding steroid dienone is 6. The molecule has 3 aromatic rings. The van der Waals surface area contributed by atoms with E-state index in [1.54, 1.807) is 24.3 Å². The summed E-state index contributed by atoms with van der Waals surface area (Å²) in [5, 5.41) is 17.3. The second-order valence-corrected chi connectivity index (χ2v) is 12.2. The highest BCUT2D eigenvalue weighted by Crippen LogP contribution is 2.26. The highest BCUT2D eigenvalue weighted by atomic mass is 16.3. The molecule has 0 aliphatic rings. The first-order chi connectivity index (χ1) is 20.4. The Kier molecular flexibility index (Phi) is 11.7. The molecule has 0 aliphatic carbocycles. The molecule has 0 spiro atoms. The Hall–Kier alpha value is -4.39. The fourth-order valence-electron chi connectivity index (χ4n) is 4.68. The summed E-state index contributed by atoms with van der Waals surface area (Å²) < 4.78 is 2.00. The number of hydrogen-bond donors (Lipinski definition) is 3. The van der Waals surface area contributed by atoms with Gasteiger partial charge in [0, 0.05) is 24.1 Å². The topological polar surface area (TPSA) is 110 Å². The van der Waals surface area contributed by atoms with Crippen molar-refractivity contribution in [2.24, 2.45) is 5.73 Å². The molecule has 0 saturated heterocycles. The van der Waals surface area contributed by atoms with E-state index in [1.807, 2.05) is 17.7 Å². The Morgan fingerprint density at radius 3 is 2.28 bits per heavy atom. The number of carbonyl (C=O) groups excluding carboxylic acids is 2. The minimum atomic E-state index is -0.810. The van der Waals surface area contributed by atoms with Crippen LogP contribution in [0.15, 0.2) is 84.5 Å². The Bertz CT molecular complexity index is 1470. The van der Waals surface area contributed by atoms with Crippen LogP contribution >= 0.6 is 0 Å². The lowest BCUT2D eigenvalue weighted by Crippen LogP contribution is -2.45. The largest absolute Gasteiger partial charge is 0.508 e. The molecule has 1 heterocycles. The molecule has 43 heavy (non-hydrogen) atoms. The van der Waals surface area contributed by atoms with E-state index in [1.165, 1.54) is 11.1 Å².